The van der Waals surface area contributed by atoms with Gasteiger partial charge in [-0.05, 0) is 0 Å². The minimum absolute atomic E-state index is 0.0549. The highest BCUT2D eigenvalue weighted by Crippen LogP contribution is 1.93. The molecule has 0 aromatic carbocycles. The second kappa shape index (κ2) is 9.74. The topological polar surface area (TPSA) is 117 Å². The summed E-state index contributed by atoms with van der Waals surface area (Å²) in [5.74, 6) is -1.38. The van der Waals surface area contributed by atoms with E-state index < -0.39 is 11.9 Å². The number of hydrogen-bond acceptors (Lipinski definition) is 6. The first-order valence-corrected chi connectivity index (χ1v) is 6.90. The van der Waals surface area contributed by atoms with Crippen molar-refractivity contribution in [3.05, 3.63) is 11.8 Å². The lowest BCUT2D eigenvalue weighted by Gasteiger charge is -2.27. The van der Waals surface area contributed by atoms with E-state index in [1.54, 1.807) is 6.07 Å². The van der Waals surface area contributed by atoms with Gasteiger partial charge in [0.2, 0.25) is 0 Å². The predicted octanol–water partition coefficient (Wildman–Crippen LogP) is -1.52. The number of nitrogens with one attached hydrogen (secondary N) is 3. The number of nitriles is 1. The van der Waals surface area contributed by atoms with Crippen molar-refractivity contribution in [3.8, 4) is 6.07 Å². The molecule has 0 bridgehead atoms. The number of carbonyl (C=O) groups excluding carboxylic acids is 1. The van der Waals surface area contributed by atoms with Gasteiger partial charge in [-0.1, -0.05) is 0 Å². The number of carbonyl (C=O) groups is 2. The van der Waals surface area contributed by atoms with E-state index in [-0.39, 0.29) is 18.5 Å². The maximum absolute atomic E-state index is 11.8. The number of rotatable bonds is 8. The molecule has 1 aliphatic rings. The molecule has 1 fully saturated rings. The Bertz CT molecular complexity index is 424. The molecule has 0 radical (unpaired) electrons. The third-order valence-electron chi connectivity index (χ3n) is 3.02. The smallest absolute Gasteiger partial charge is 0.305 e. The summed E-state index contributed by atoms with van der Waals surface area (Å²) in [4.78, 5) is 24.3. The van der Waals surface area contributed by atoms with Gasteiger partial charge in [-0.3, -0.25) is 14.5 Å². The van der Waals surface area contributed by atoms with Gasteiger partial charge in [-0.25, -0.2) is 0 Å². The lowest BCUT2D eigenvalue weighted by Crippen LogP contribution is -2.46. The summed E-state index contributed by atoms with van der Waals surface area (Å²) < 4.78 is 0. The van der Waals surface area contributed by atoms with Gasteiger partial charge in [0, 0.05) is 52.0 Å². The summed E-state index contributed by atoms with van der Waals surface area (Å²) >= 11 is 0. The molecule has 21 heavy (non-hydrogen) atoms. The first kappa shape index (κ1) is 16.9. The molecular weight excluding hydrogens is 274 g/mol. The molecule has 1 aliphatic heterocycles. The van der Waals surface area contributed by atoms with Crippen molar-refractivity contribution in [3.63, 3.8) is 0 Å². The Kier molecular flexibility index (Phi) is 7.86. The molecule has 0 aromatic heterocycles. The van der Waals surface area contributed by atoms with Gasteiger partial charge in [0.25, 0.3) is 5.91 Å². The van der Waals surface area contributed by atoms with Crippen molar-refractivity contribution in [1.82, 2.24) is 20.9 Å². The number of hydrogen-bond donors (Lipinski definition) is 4. The quantitative estimate of drug-likeness (QED) is 0.244. The lowest BCUT2D eigenvalue weighted by molar-refractivity contribution is -0.136. The zero-order valence-electron chi connectivity index (χ0n) is 11.9. The van der Waals surface area contributed by atoms with E-state index in [0.717, 1.165) is 32.7 Å². The molecule has 1 rings (SSSR count). The number of carboxylic acid groups (broad SMARTS) is 1. The maximum Gasteiger partial charge on any atom is 0.305 e. The van der Waals surface area contributed by atoms with Crippen LogP contribution in [0.2, 0.25) is 0 Å². The highest BCUT2D eigenvalue weighted by Gasteiger charge is 2.11. The van der Waals surface area contributed by atoms with E-state index >= 15 is 0 Å². The van der Waals surface area contributed by atoms with Crippen molar-refractivity contribution in [2.75, 3.05) is 45.8 Å². The second-order valence-corrected chi connectivity index (χ2v) is 4.62. The SMILES string of the molecule is N#C/C(=C/NCCC(=O)O)C(=O)NCCN1CCNCC1. The van der Waals surface area contributed by atoms with Crippen LogP contribution in [0.5, 0.6) is 0 Å². The van der Waals surface area contributed by atoms with Crippen LogP contribution in [0.25, 0.3) is 0 Å². The van der Waals surface area contributed by atoms with Crippen LogP contribution in [0.1, 0.15) is 6.42 Å². The molecule has 0 spiro atoms. The van der Waals surface area contributed by atoms with Gasteiger partial charge in [-0.15, -0.1) is 0 Å². The molecule has 0 atom stereocenters. The van der Waals surface area contributed by atoms with E-state index in [0.29, 0.717) is 6.54 Å². The maximum atomic E-state index is 11.8. The van der Waals surface area contributed by atoms with Crippen LogP contribution in [0.3, 0.4) is 0 Å². The predicted molar refractivity (Wildman–Crippen MR) is 76.3 cm³/mol. The van der Waals surface area contributed by atoms with Crippen LogP contribution in [0.4, 0.5) is 0 Å². The van der Waals surface area contributed by atoms with Gasteiger partial charge in [0.05, 0.1) is 6.42 Å². The van der Waals surface area contributed by atoms with E-state index in [4.69, 9.17) is 10.4 Å². The standard InChI is InChI=1S/C13H21N5O3/c14-9-11(10-16-2-1-12(19)20)13(21)17-5-8-18-6-3-15-4-7-18/h10,15-16H,1-8H2,(H,17,21)(H,19,20)/b11-10-. The van der Waals surface area contributed by atoms with Gasteiger partial charge < -0.3 is 21.1 Å². The van der Waals surface area contributed by atoms with Crippen LogP contribution in [-0.2, 0) is 9.59 Å². The molecule has 0 unspecified atom stereocenters. The minimum Gasteiger partial charge on any atom is -0.481 e. The molecule has 0 saturated carbocycles. The van der Waals surface area contributed by atoms with Crippen LogP contribution >= 0.6 is 0 Å². The number of carboxylic acids is 1. The summed E-state index contributed by atoms with van der Waals surface area (Å²) in [6, 6.07) is 1.79. The van der Waals surface area contributed by atoms with Gasteiger partial charge in [0.1, 0.15) is 11.6 Å². The van der Waals surface area contributed by atoms with E-state index in [1.807, 2.05) is 0 Å². The van der Waals surface area contributed by atoms with E-state index in [9.17, 15) is 9.59 Å². The fourth-order valence-electron chi connectivity index (χ4n) is 1.86. The zero-order valence-corrected chi connectivity index (χ0v) is 11.9. The van der Waals surface area contributed by atoms with Crippen molar-refractivity contribution in [2.24, 2.45) is 0 Å². The third kappa shape index (κ3) is 7.29. The first-order chi connectivity index (χ1) is 10.1. The molecule has 116 valence electrons. The molecule has 0 aliphatic carbocycles. The summed E-state index contributed by atoms with van der Waals surface area (Å²) in [6.07, 6.45) is 1.18. The fourth-order valence-corrected chi connectivity index (χ4v) is 1.86. The van der Waals surface area contributed by atoms with Crippen molar-refractivity contribution in [2.45, 2.75) is 6.42 Å². The second-order valence-electron chi connectivity index (χ2n) is 4.62. The first-order valence-electron chi connectivity index (χ1n) is 6.90. The number of amides is 1. The Balaban J connectivity index is 2.25. The van der Waals surface area contributed by atoms with Crippen LogP contribution in [-0.4, -0.2) is 67.7 Å². The number of nitrogens with zero attached hydrogens (tertiary/aromatic N) is 2. The van der Waals surface area contributed by atoms with Crippen LogP contribution in [0, 0.1) is 11.3 Å². The molecule has 8 nitrogen and oxygen atoms in total. The largest absolute Gasteiger partial charge is 0.481 e. The lowest BCUT2D eigenvalue weighted by atomic mass is 10.3. The van der Waals surface area contributed by atoms with Crippen molar-refractivity contribution >= 4 is 11.9 Å². The summed E-state index contributed by atoms with van der Waals surface area (Å²) in [7, 11) is 0. The highest BCUT2D eigenvalue weighted by atomic mass is 16.4. The third-order valence-corrected chi connectivity index (χ3v) is 3.02. The molecule has 8 heteroatoms. The molecular formula is C13H21N5O3. The van der Waals surface area contributed by atoms with Crippen LogP contribution in [0.15, 0.2) is 11.8 Å². The van der Waals surface area contributed by atoms with E-state index in [1.165, 1.54) is 6.20 Å². The fraction of sp³-hybridized carbons (Fsp3) is 0.615. The molecule has 1 amide bonds. The Morgan fingerprint density at radius 2 is 2.05 bits per heavy atom. The van der Waals surface area contributed by atoms with Gasteiger partial charge >= 0.3 is 5.97 Å². The molecule has 0 aromatic rings. The average Bonchev–Trinajstić information content (AvgIpc) is 2.48. The highest BCUT2D eigenvalue weighted by molar-refractivity contribution is 5.97. The number of piperazine rings is 1. The monoisotopic (exact) mass is 295 g/mol. The summed E-state index contributed by atoms with van der Waals surface area (Å²) in [6.45, 7) is 5.21. The van der Waals surface area contributed by atoms with Gasteiger partial charge in [0.15, 0.2) is 0 Å². The Morgan fingerprint density at radius 1 is 1.33 bits per heavy atom. The average molecular weight is 295 g/mol. The van der Waals surface area contributed by atoms with Crippen molar-refractivity contribution in [1.29, 1.82) is 5.26 Å². The Labute approximate surface area is 123 Å². The van der Waals surface area contributed by atoms with Crippen LogP contribution < -0.4 is 16.0 Å². The Morgan fingerprint density at radius 3 is 2.67 bits per heavy atom. The van der Waals surface area contributed by atoms with E-state index in [2.05, 4.69) is 20.9 Å². The summed E-state index contributed by atoms with van der Waals surface area (Å²) in [5.41, 5.74) is -0.0549. The minimum atomic E-state index is -0.935. The van der Waals surface area contributed by atoms with Gasteiger partial charge in [-0.2, -0.15) is 5.26 Å². The summed E-state index contributed by atoms with van der Waals surface area (Å²) in [5, 5.41) is 25.9. The molecule has 4 N–H and O–H groups in total. The zero-order chi connectivity index (χ0) is 15.5. The number of aliphatic carboxylic acids is 1. The van der Waals surface area contributed by atoms with Crippen molar-refractivity contribution < 1.29 is 14.7 Å². The molecule has 1 heterocycles. The Hall–Kier alpha value is -2.11. The normalized spacial score (nSPS) is 16.0. The molecule has 1 saturated heterocycles.